The summed E-state index contributed by atoms with van der Waals surface area (Å²) >= 11 is 7.40. The first-order valence-electron chi connectivity index (χ1n) is 7.59. The third-order valence-electron chi connectivity index (χ3n) is 3.64. The van der Waals surface area contributed by atoms with Gasteiger partial charge in [-0.2, -0.15) is 0 Å². The lowest BCUT2D eigenvalue weighted by Crippen LogP contribution is -1.99. The highest BCUT2D eigenvalue weighted by Crippen LogP contribution is 2.37. The van der Waals surface area contributed by atoms with Crippen molar-refractivity contribution in [3.05, 3.63) is 60.1 Å². The van der Waals surface area contributed by atoms with Crippen molar-refractivity contribution in [1.82, 2.24) is 14.8 Å². The summed E-state index contributed by atoms with van der Waals surface area (Å²) in [5, 5.41) is 10.0. The molecule has 0 unspecified atom stereocenters. The summed E-state index contributed by atoms with van der Waals surface area (Å²) in [6, 6.07) is 15.7. The van der Waals surface area contributed by atoms with Gasteiger partial charge in [-0.15, -0.1) is 10.2 Å². The van der Waals surface area contributed by atoms with Gasteiger partial charge in [0.1, 0.15) is 0 Å². The zero-order valence-corrected chi connectivity index (χ0v) is 14.8. The minimum Gasteiger partial charge on any atom is -0.454 e. The maximum absolute atomic E-state index is 5.91. The van der Waals surface area contributed by atoms with Crippen LogP contribution in [0.15, 0.2) is 65.3 Å². The van der Waals surface area contributed by atoms with Crippen molar-refractivity contribution in [1.29, 1.82) is 0 Å². The van der Waals surface area contributed by atoms with E-state index in [-0.39, 0.29) is 6.79 Å². The minimum atomic E-state index is 0.239. The summed E-state index contributed by atoms with van der Waals surface area (Å²) in [6.45, 7) is 3.97. The van der Waals surface area contributed by atoms with Crippen LogP contribution < -0.4 is 9.47 Å². The van der Waals surface area contributed by atoms with Gasteiger partial charge in [-0.05, 0) is 30.3 Å². The van der Waals surface area contributed by atoms with Crippen LogP contribution in [0.2, 0.25) is 0 Å². The van der Waals surface area contributed by atoms with Crippen LogP contribution in [0.1, 0.15) is 0 Å². The van der Waals surface area contributed by atoms with E-state index in [4.69, 9.17) is 21.1 Å². The van der Waals surface area contributed by atoms with E-state index in [2.05, 4.69) is 16.8 Å². The van der Waals surface area contributed by atoms with Crippen molar-refractivity contribution >= 4 is 23.4 Å². The topological polar surface area (TPSA) is 49.2 Å². The molecule has 0 aliphatic carbocycles. The first-order chi connectivity index (χ1) is 12.2. The van der Waals surface area contributed by atoms with E-state index in [1.54, 1.807) is 0 Å². The van der Waals surface area contributed by atoms with Crippen molar-refractivity contribution in [3.8, 4) is 28.6 Å². The highest BCUT2D eigenvalue weighted by molar-refractivity contribution is 7.99. The number of ether oxygens (including phenoxy) is 2. The lowest BCUT2D eigenvalue weighted by Gasteiger charge is -2.10. The van der Waals surface area contributed by atoms with Crippen LogP contribution in [0.5, 0.6) is 11.5 Å². The van der Waals surface area contributed by atoms with E-state index in [1.165, 1.54) is 11.8 Å². The number of hydrogen-bond acceptors (Lipinski definition) is 5. The number of thioether (sulfide) groups is 1. The third kappa shape index (κ3) is 3.23. The summed E-state index contributed by atoms with van der Waals surface area (Å²) in [5.41, 5.74) is 1.88. The average Bonchev–Trinajstić information content (AvgIpc) is 3.26. The number of benzene rings is 2. The van der Waals surface area contributed by atoms with Crippen molar-refractivity contribution < 1.29 is 9.47 Å². The quantitative estimate of drug-likeness (QED) is 0.618. The monoisotopic (exact) mass is 371 g/mol. The molecule has 0 saturated carbocycles. The molecule has 0 atom stereocenters. The van der Waals surface area contributed by atoms with E-state index in [0.29, 0.717) is 16.5 Å². The molecule has 2 heterocycles. The lowest BCUT2D eigenvalue weighted by atomic mass is 10.2. The molecule has 126 valence electrons. The number of hydrogen-bond donors (Lipinski definition) is 0. The number of halogens is 1. The standard InChI is InChI=1S/C18H14ClN3O2S/c1-12(19)10-25-18-21-20-17(22(18)14-5-3-2-4-6-14)13-7-8-15-16(9-13)24-11-23-15/h2-9H,1,10-11H2. The Hall–Kier alpha value is -2.44. The lowest BCUT2D eigenvalue weighted by molar-refractivity contribution is 0.174. The Labute approximate surface area is 154 Å². The maximum atomic E-state index is 5.91. The maximum Gasteiger partial charge on any atom is 0.231 e. The van der Waals surface area contributed by atoms with Crippen molar-refractivity contribution in [2.24, 2.45) is 0 Å². The van der Waals surface area contributed by atoms with Crippen LogP contribution in [-0.4, -0.2) is 27.3 Å². The first-order valence-corrected chi connectivity index (χ1v) is 8.95. The number of nitrogens with zero attached hydrogens (tertiary/aromatic N) is 3. The predicted molar refractivity (Wildman–Crippen MR) is 98.6 cm³/mol. The van der Waals surface area contributed by atoms with Gasteiger partial charge < -0.3 is 9.47 Å². The van der Waals surface area contributed by atoms with Crippen molar-refractivity contribution in [2.75, 3.05) is 12.5 Å². The zero-order chi connectivity index (χ0) is 17.2. The second-order valence-electron chi connectivity index (χ2n) is 5.35. The fourth-order valence-corrected chi connectivity index (χ4v) is 3.41. The van der Waals surface area contributed by atoms with Crippen LogP contribution in [0.3, 0.4) is 0 Å². The van der Waals surface area contributed by atoms with E-state index in [9.17, 15) is 0 Å². The molecule has 0 spiro atoms. The second kappa shape index (κ2) is 6.82. The molecule has 7 heteroatoms. The molecule has 4 rings (SSSR count). The van der Waals surface area contributed by atoms with Gasteiger partial charge in [-0.1, -0.05) is 48.1 Å². The van der Waals surface area contributed by atoms with Gasteiger partial charge >= 0.3 is 0 Å². The molecule has 0 amide bonds. The van der Waals surface area contributed by atoms with Gasteiger partial charge in [0.15, 0.2) is 22.5 Å². The van der Waals surface area contributed by atoms with Crippen LogP contribution in [0, 0.1) is 0 Å². The molecule has 25 heavy (non-hydrogen) atoms. The van der Waals surface area contributed by atoms with Crippen LogP contribution in [-0.2, 0) is 0 Å². The fraction of sp³-hybridized carbons (Fsp3) is 0.111. The highest BCUT2D eigenvalue weighted by atomic mass is 35.5. The number of fused-ring (bicyclic) bond motifs is 1. The third-order valence-corrected chi connectivity index (χ3v) is 4.94. The van der Waals surface area contributed by atoms with E-state index in [1.807, 2.05) is 53.1 Å². The summed E-state index contributed by atoms with van der Waals surface area (Å²) in [7, 11) is 0. The molecule has 1 aliphatic rings. The molecule has 3 aromatic rings. The Balaban J connectivity index is 1.81. The molecule has 0 bridgehead atoms. The van der Waals surface area contributed by atoms with Gasteiger partial charge in [0.25, 0.3) is 0 Å². The Morgan fingerprint density at radius 3 is 2.72 bits per heavy atom. The Bertz CT molecular complexity index is 927. The Morgan fingerprint density at radius 1 is 1.12 bits per heavy atom. The molecule has 1 aromatic heterocycles. The highest BCUT2D eigenvalue weighted by Gasteiger charge is 2.19. The van der Waals surface area contributed by atoms with E-state index >= 15 is 0 Å². The smallest absolute Gasteiger partial charge is 0.231 e. The number of rotatable bonds is 5. The van der Waals surface area contributed by atoms with E-state index in [0.717, 1.165) is 28.0 Å². The molecular weight excluding hydrogens is 358 g/mol. The largest absolute Gasteiger partial charge is 0.454 e. The van der Waals surface area contributed by atoms with Gasteiger partial charge in [0, 0.05) is 22.0 Å². The van der Waals surface area contributed by atoms with Crippen LogP contribution in [0.4, 0.5) is 0 Å². The molecular formula is C18H14ClN3O2S. The molecule has 0 fully saturated rings. The number of aromatic nitrogens is 3. The fourth-order valence-electron chi connectivity index (χ4n) is 2.54. The van der Waals surface area contributed by atoms with Crippen LogP contribution in [0.25, 0.3) is 17.1 Å². The Kier molecular flexibility index (Phi) is 4.38. The first kappa shape index (κ1) is 16.1. The minimum absolute atomic E-state index is 0.239. The average molecular weight is 372 g/mol. The van der Waals surface area contributed by atoms with Crippen LogP contribution >= 0.6 is 23.4 Å². The number of para-hydroxylation sites is 1. The second-order valence-corrected chi connectivity index (χ2v) is 6.83. The zero-order valence-electron chi connectivity index (χ0n) is 13.2. The molecule has 5 nitrogen and oxygen atoms in total. The van der Waals surface area contributed by atoms with Gasteiger partial charge in [0.2, 0.25) is 6.79 Å². The predicted octanol–water partition coefficient (Wildman–Crippen LogP) is 4.51. The SMILES string of the molecule is C=C(Cl)CSc1nnc(-c2ccc3c(c2)OCO3)n1-c1ccccc1. The molecule has 0 saturated heterocycles. The Morgan fingerprint density at radius 2 is 1.92 bits per heavy atom. The molecule has 0 N–H and O–H groups in total. The molecule has 2 aromatic carbocycles. The van der Waals surface area contributed by atoms with Gasteiger partial charge in [-0.3, -0.25) is 4.57 Å². The van der Waals surface area contributed by atoms with E-state index < -0.39 is 0 Å². The summed E-state index contributed by atoms with van der Waals surface area (Å²) < 4.78 is 12.9. The summed E-state index contributed by atoms with van der Waals surface area (Å²) in [4.78, 5) is 0. The normalized spacial score (nSPS) is 12.4. The van der Waals surface area contributed by atoms with Crippen molar-refractivity contribution in [3.63, 3.8) is 0 Å². The molecule has 1 aliphatic heterocycles. The summed E-state index contributed by atoms with van der Waals surface area (Å²) in [5.74, 6) is 2.74. The summed E-state index contributed by atoms with van der Waals surface area (Å²) in [6.07, 6.45) is 0. The van der Waals surface area contributed by atoms with Gasteiger partial charge in [-0.25, -0.2) is 0 Å². The molecule has 0 radical (unpaired) electrons. The van der Waals surface area contributed by atoms with Gasteiger partial charge in [0.05, 0.1) is 0 Å². The van der Waals surface area contributed by atoms with Crippen molar-refractivity contribution in [2.45, 2.75) is 5.16 Å².